The predicted molar refractivity (Wildman–Crippen MR) is 101 cm³/mol. The van der Waals surface area contributed by atoms with E-state index in [-0.39, 0.29) is 0 Å². The topological polar surface area (TPSA) is 82.5 Å². The third-order valence-electron chi connectivity index (χ3n) is 4.86. The van der Waals surface area contributed by atoms with Gasteiger partial charge in [0.2, 0.25) is 0 Å². The van der Waals surface area contributed by atoms with E-state index in [2.05, 4.69) is 9.71 Å². The molecule has 0 saturated heterocycles. The second-order valence-electron chi connectivity index (χ2n) is 6.58. The Kier molecular flexibility index (Phi) is 4.14. The van der Waals surface area contributed by atoms with Gasteiger partial charge in [-0.3, -0.25) is 9.71 Å². The third-order valence-corrected chi connectivity index (χ3v) is 6.29. The van der Waals surface area contributed by atoms with Crippen LogP contribution in [0.25, 0.3) is 10.9 Å². The molecule has 0 aliphatic carbocycles. The maximum atomic E-state index is 13.4. The predicted octanol–water partition coefficient (Wildman–Crippen LogP) is 3.12. The van der Waals surface area contributed by atoms with Crippen LogP contribution in [0.1, 0.15) is 35.8 Å². The maximum Gasteiger partial charge on any atom is 0.302 e. The van der Waals surface area contributed by atoms with E-state index in [1.54, 1.807) is 43.5 Å². The molecule has 2 atom stereocenters. The molecule has 0 spiro atoms. The quantitative estimate of drug-likeness (QED) is 0.708. The molecule has 0 radical (unpaired) electrons. The fourth-order valence-electron chi connectivity index (χ4n) is 3.53. The molecule has 1 aliphatic rings. The first kappa shape index (κ1) is 17.8. The highest BCUT2D eigenvalue weighted by Crippen LogP contribution is 2.44. The number of nitrogens with one attached hydrogen (secondary N) is 1. The second kappa shape index (κ2) is 6.26. The molecule has 0 saturated carbocycles. The number of nitrogens with zero attached hydrogens (tertiary/aromatic N) is 2. The molecule has 1 aliphatic heterocycles. The van der Waals surface area contributed by atoms with Crippen LogP contribution in [0, 0.1) is 5.82 Å². The molecule has 8 heteroatoms. The van der Waals surface area contributed by atoms with Crippen molar-refractivity contribution in [3.8, 4) is 0 Å². The molecule has 140 valence electrons. The van der Waals surface area contributed by atoms with E-state index in [9.17, 15) is 17.9 Å². The number of aliphatic hydroxyl groups is 1. The van der Waals surface area contributed by atoms with E-state index in [1.165, 1.54) is 23.5 Å². The fourth-order valence-corrected chi connectivity index (χ4v) is 4.66. The molecule has 4 rings (SSSR count). The minimum absolute atomic E-state index is 0.377. The van der Waals surface area contributed by atoms with Crippen LogP contribution in [0.15, 0.2) is 48.7 Å². The van der Waals surface area contributed by atoms with Gasteiger partial charge in [0.15, 0.2) is 0 Å². The smallest absolute Gasteiger partial charge is 0.302 e. The van der Waals surface area contributed by atoms with Crippen molar-refractivity contribution in [2.45, 2.75) is 19.1 Å². The average Bonchev–Trinajstić information content (AvgIpc) is 2.63. The zero-order chi connectivity index (χ0) is 19.3. The van der Waals surface area contributed by atoms with Crippen molar-refractivity contribution in [1.82, 2.24) is 9.29 Å². The summed E-state index contributed by atoms with van der Waals surface area (Å²) in [5.74, 6) is -0.400. The molecule has 27 heavy (non-hydrogen) atoms. The van der Waals surface area contributed by atoms with Crippen LogP contribution in [0.2, 0.25) is 0 Å². The summed E-state index contributed by atoms with van der Waals surface area (Å²) >= 11 is 0. The first-order valence-electron chi connectivity index (χ1n) is 8.40. The molecule has 6 nitrogen and oxygen atoms in total. The van der Waals surface area contributed by atoms with Crippen LogP contribution in [-0.2, 0) is 10.2 Å². The van der Waals surface area contributed by atoms with Gasteiger partial charge in [-0.05, 0) is 42.3 Å². The molecular weight excluding hydrogens is 369 g/mol. The van der Waals surface area contributed by atoms with E-state index < -0.39 is 28.2 Å². The zero-order valence-corrected chi connectivity index (χ0v) is 15.5. The lowest BCUT2D eigenvalue weighted by atomic mass is 9.91. The molecule has 2 unspecified atom stereocenters. The second-order valence-corrected chi connectivity index (χ2v) is 8.31. The van der Waals surface area contributed by atoms with E-state index in [0.717, 1.165) is 0 Å². The van der Waals surface area contributed by atoms with E-state index in [0.29, 0.717) is 33.3 Å². The number of hydrogen-bond donors (Lipinski definition) is 2. The van der Waals surface area contributed by atoms with Crippen molar-refractivity contribution >= 4 is 26.8 Å². The van der Waals surface area contributed by atoms with Crippen LogP contribution < -0.4 is 4.72 Å². The summed E-state index contributed by atoms with van der Waals surface area (Å²) in [6.45, 7) is 1.65. The van der Waals surface area contributed by atoms with E-state index >= 15 is 0 Å². The number of rotatable bonds is 2. The molecule has 0 fully saturated rings. The Morgan fingerprint density at radius 3 is 2.63 bits per heavy atom. The standard InChI is InChI=1S/C19H18FN3O3S/c1-11(24)15-10-16-18(17-14(15)4-3-9-21-17)22-27(25,26)23(2)19(16)12-5-7-13(20)8-6-12/h3-11,19,22,24H,1-2H3. The minimum Gasteiger partial charge on any atom is -0.389 e. The van der Waals surface area contributed by atoms with E-state index in [4.69, 9.17) is 0 Å². The normalized spacial score (nSPS) is 20.1. The zero-order valence-electron chi connectivity index (χ0n) is 14.7. The lowest BCUT2D eigenvalue weighted by Gasteiger charge is -2.35. The Bertz CT molecular complexity index is 1130. The van der Waals surface area contributed by atoms with Crippen molar-refractivity contribution < 1.29 is 17.9 Å². The van der Waals surface area contributed by atoms with Crippen molar-refractivity contribution in [3.63, 3.8) is 0 Å². The van der Waals surface area contributed by atoms with Gasteiger partial charge in [0.05, 0.1) is 23.3 Å². The number of hydrogen-bond acceptors (Lipinski definition) is 4. The Hall–Kier alpha value is -2.55. The molecular formula is C19H18FN3O3S. The van der Waals surface area contributed by atoms with Gasteiger partial charge < -0.3 is 5.11 Å². The molecule has 2 N–H and O–H groups in total. The number of aliphatic hydroxyl groups excluding tert-OH is 1. The number of fused-ring (bicyclic) bond motifs is 3. The molecule has 0 amide bonds. The van der Waals surface area contributed by atoms with E-state index in [1.807, 2.05) is 0 Å². The molecule has 2 heterocycles. The van der Waals surface area contributed by atoms with Gasteiger partial charge in [-0.15, -0.1) is 0 Å². The summed E-state index contributed by atoms with van der Waals surface area (Å²) < 4.78 is 42.6. The highest BCUT2D eigenvalue weighted by molar-refractivity contribution is 7.90. The van der Waals surface area contributed by atoms with Gasteiger partial charge in [0.25, 0.3) is 0 Å². The van der Waals surface area contributed by atoms with Gasteiger partial charge in [-0.25, -0.2) is 4.39 Å². The van der Waals surface area contributed by atoms with Crippen molar-refractivity contribution in [3.05, 3.63) is 71.2 Å². The summed E-state index contributed by atoms with van der Waals surface area (Å²) in [7, 11) is -2.36. The Labute approximate surface area is 156 Å². The number of pyridine rings is 1. The van der Waals surface area contributed by atoms with Crippen LogP contribution >= 0.6 is 0 Å². The maximum absolute atomic E-state index is 13.4. The van der Waals surface area contributed by atoms with Gasteiger partial charge in [0, 0.05) is 24.2 Å². The Balaban J connectivity index is 2.07. The fraction of sp³-hybridized carbons (Fsp3) is 0.211. The number of aromatic nitrogens is 1. The molecule has 1 aromatic heterocycles. The number of benzene rings is 2. The summed E-state index contributed by atoms with van der Waals surface area (Å²) in [4.78, 5) is 4.35. The van der Waals surface area contributed by atoms with Crippen molar-refractivity contribution in [2.75, 3.05) is 11.8 Å². The Morgan fingerprint density at radius 2 is 1.96 bits per heavy atom. The average molecular weight is 387 g/mol. The minimum atomic E-state index is -3.82. The highest BCUT2D eigenvalue weighted by atomic mass is 32.2. The number of anilines is 1. The largest absolute Gasteiger partial charge is 0.389 e. The van der Waals surface area contributed by atoms with Crippen molar-refractivity contribution in [2.24, 2.45) is 0 Å². The first-order chi connectivity index (χ1) is 12.8. The third kappa shape index (κ3) is 2.86. The summed E-state index contributed by atoms with van der Waals surface area (Å²) in [6.07, 6.45) is 0.813. The SMILES string of the molecule is CC(O)c1cc2c(c3ncccc13)NS(=O)(=O)N(C)C2c1ccc(F)cc1. The van der Waals surface area contributed by atoms with Gasteiger partial charge in [-0.2, -0.15) is 12.7 Å². The summed E-state index contributed by atoms with van der Waals surface area (Å²) in [5.41, 5.74) is 2.77. The number of halogens is 1. The van der Waals surface area contributed by atoms with Crippen LogP contribution in [0.3, 0.4) is 0 Å². The molecule has 3 aromatic rings. The lowest BCUT2D eigenvalue weighted by molar-refractivity contribution is 0.200. The summed E-state index contributed by atoms with van der Waals surface area (Å²) in [6, 6.07) is 10.4. The van der Waals surface area contributed by atoms with Gasteiger partial charge in [-0.1, -0.05) is 18.2 Å². The van der Waals surface area contributed by atoms with Crippen LogP contribution in [0.5, 0.6) is 0 Å². The monoisotopic (exact) mass is 387 g/mol. The first-order valence-corrected chi connectivity index (χ1v) is 9.84. The lowest BCUT2D eigenvalue weighted by Crippen LogP contribution is -2.41. The van der Waals surface area contributed by atoms with Crippen LogP contribution in [0.4, 0.5) is 10.1 Å². The summed E-state index contributed by atoms with van der Waals surface area (Å²) in [5, 5.41) is 10.9. The van der Waals surface area contributed by atoms with Gasteiger partial charge >= 0.3 is 10.2 Å². The molecule has 2 aromatic carbocycles. The van der Waals surface area contributed by atoms with Crippen LogP contribution in [-0.4, -0.2) is 29.9 Å². The highest BCUT2D eigenvalue weighted by Gasteiger charge is 2.37. The Morgan fingerprint density at radius 1 is 1.26 bits per heavy atom. The van der Waals surface area contributed by atoms with Gasteiger partial charge in [0.1, 0.15) is 5.82 Å². The van der Waals surface area contributed by atoms with Crippen molar-refractivity contribution in [1.29, 1.82) is 0 Å². The molecule has 0 bridgehead atoms.